The summed E-state index contributed by atoms with van der Waals surface area (Å²) in [6.45, 7) is 9.25. The van der Waals surface area contributed by atoms with Crippen molar-refractivity contribution in [3.05, 3.63) is 65.2 Å². The van der Waals surface area contributed by atoms with Crippen LogP contribution in [0.5, 0.6) is 5.75 Å². The van der Waals surface area contributed by atoms with Crippen molar-refractivity contribution in [3.8, 4) is 5.75 Å². The predicted molar refractivity (Wildman–Crippen MR) is 152 cm³/mol. The lowest BCUT2D eigenvalue weighted by Gasteiger charge is -2.39. The van der Waals surface area contributed by atoms with Crippen molar-refractivity contribution in [2.75, 3.05) is 33.0 Å². The van der Waals surface area contributed by atoms with Gasteiger partial charge in [0.25, 0.3) is 0 Å². The van der Waals surface area contributed by atoms with E-state index in [0.29, 0.717) is 19.1 Å². The number of amides is 2. The number of ketones is 1. The van der Waals surface area contributed by atoms with E-state index in [-0.39, 0.29) is 25.4 Å². The fraction of sp³-hybridized carbons (Fsp3) is 0.516. The van der Waals surface area contributed by atoms with Crippen molar-refractivity contribution in [1.82, 2.24) is 10.2 Å². The second-order valence-electron chi connectivity index (χ2n) is 11.8. The summed E-state index contributed by atoms with van der Waals surface area (Å²) in [5, 5.41) is 2.44. The molecule has 0 radical (unpaired) electrons. The highest BCUT2D eigenvalue weighted by molar-refractivity contribution is 6.01. The van der Waals surface area contributed by atoms with Gasteiger partial charge in [0, 0.05) is 5.56 Å². The number of nitrogens with one attached hydrogen (secondary N) is 1. The molecular weight excluding hydrogens is 569 g/mol. The van der Waals surface area contributed by atoms with E-state index in [1.165, 1.54) is 13.0 Å². The molecule has 2 aromatic carbocycles. The van der Waals surface area contributed by atoms with Crippen LogP contribution in [0, 0.1) is 0 Å². The Labute approximate surface area is 249 Å². The second kappa shape index (κ2) is 13.3. The molecule has 1 unspecified atom stereocenters. The van der Waals surface area contributed by atoms with E-state index in [4.69, 9.17) is 18.9 Å². The predicted octanol–water partition coefficient (Wildman–Crippen LogP) is 5.40. The first-order valence-electron chi connectivity index (χ1n) is 13.9. The van der Waals surface area contributed by atoms with E-state index >= 15 is 0 Å². The van der Waals surface area contributed by atoms with E-state index < -0.39 is 58.7 Å². The summed E-state index contributed by atoms with van der Waals surface area (Å²) in [6.07, 6.45) is -4.92. The highest BCUT2D eigenvalue weighted by atomic mass is 19.4. The quantitative estimate of drug-likeness (QED) is 0.269. The van der Waals surface area contributed by atoms with Crippen molar-refractivity contribution in [1.29, 1.82) is 0 Å². The molecule has 236 valence electrons. The molecule has 1 N–H and O–H groups in total. The summed E-state index contributed by atoms with van der Waals surface area (Å²) >= 11 is 0. The molecule has 1 saturated heterocycles. The fourth-order valence-corrected chi connectivity index (χ4v) is 4.59. The molecule has 0 spiro atoms. The maximum atomic E-state index is 13.8. The lowest BCUT2D eigenvalue weighted by Crippen LogP contribution is -2.62. The molecule has 3 rings (SSSR count). The van der Waals surface area contributed by atoms with Gasteiger partial charge in [-0.2, -0.15) is 13.2 Å². The van der Waals surface area contributed by atoms with Gasteiger partial charge < -0.3 is 24.3 Å². The van der Waals surface area contributed by atoms with Gasteiger partial charge in [-0.25, -0.2) is 4.79 Å². The summed E-state index contributed by atoms with van der Waals surface area (Å²) in [4.78, 5) is 40.2. The maximum absolute atomic E-state index is 13.8. The van der Waals surface area contributed by atoms with Crippen LogP contribution in [0.4, 0.5) is 18.0 Å². The Hall–Kier alpha value is -3.64. The first kappa shape index (κ1) is 33.9. The van der Waals surface area contributed by atoms with Crippen molar-refractivity contribution in [2.24, 2.45) is 0 Å². The summed E-state index contributed by atoms with van der Waals surface area (Å²) in [5.41, 5.74) is -3.88. The minimum Gasteiger partial charge on any atom is -0.491 e. The van der Waals surface area contributed by atoms with Crippen molar-refractivity contribution in [3.63, 3.8) is 0 Å². The average molecular weight is 609 g/mol. The smallest absolute Gasteiger partial charge is 0.419 e. The van der Waals surface area contributed by atoms with Crippen LogP contribution >= 0.6 is 0 Å². The second-order valence-corrected chi connectivity index (χ2v) is 11.8. The normalized spacial score (nSPS) is 18.3. The Kier molecular flexibility index (Phi) is 10.5. The molecule has 9 nitrogen and oxygen atoms in total. The van der Waals surface area contributed by atoms with Crippen LogP contribution in [-0.4, -0.2) is 72.5 Å². The van der Waals surface area contributed by atoms with E-state index in [1.54, 1.807) is 34.6 Å². The first-order valence-corrected chi connectivity index (χ1v) is 13.9. The third kappa shape index (κ3) is 8.93. The molecule has 43 heavy (non-hydrogen) atoms. The van der Waals surface area contributed by atoms with Gasteiger partial charge >= 0.3 is 12.3 Å². The van der Waals surface area contributed by atoms with Crippen LogP contribution in [0.3, 0.4) is 0 Å². The molecule has 0 aliphatic carbocycles. The van der Waals surface area contributed by atoms with Crippen LogP contribution in [-0.2, 0) is 31.6 Å². The van der Waals surface area contributed by atoms with Gasteiger partial charge in [-0.05, 0) is 71.7 Å². The molecule has 1 fully saturated rings. The number of hydrogen-bond donors (Lipinski definition) is 1. The Bertz CT molecular complexity index is 1290. The first-order chi connectivity index (χ1) is 19.9. The highest BCUT2D eigenvalue weighted by Crippen LogP contribution is 2.38. The van der Waals surface area contributed by atoms with Gasteiger partial charge in [0.05, 0.1) is 31.9 Å². The van der Waals surface area contributed by atoms with Gasteiger partial charge in [-0.15, -0.1) is 0 Å². The number of benzene rings is 2. The van der Waals surface area contributed by atoms with E-state index in [9.17, 15) is 27.6 Å². The molecule has 1 atom stereocenters. The van der Waals surface area contributed by atoms with E-state index in [1.807, 2.05) is 30.3 Å². The zero-order valence-electron chi connectivity index (χ0n) is 25.3. The minimum absolute atomic E-state index is 0.0798. The Morgan fingerprint density at radius 2 is 1.65 bits per heavy atom. The Balaban J connectivity index is 1.61. The molecule has 12 heteroatoms. The Morgan fingerprint density at radius 3 is 2.28 bits per heavy atom. The van der Waals surface area contributed by atoms with Gasteiger partial charge in [0.2, 0.25) is 5.91 Å². The zero-order chi connectivity index (χ0) is 32.1. The number of ether oxygens (including phenoxy) is 4. The van der Waals surface area contributed by atoms with Crippen LogP contribution in [0.1, 0.15) is 63.0 Å². The van der Waals surface area contributed by atoms with Gasteiger partial charge in [0.1, 0.15) is 29.2 Å². The lowest BCUT2D eigenvalue weighted by atomic mass is 9.99. The summed E-state index contributed by atoms with van der Waals surface area (Å²) in [7, 11) is 0. The van der Waals surface area contributed by atoms with Crippen molar-refractivity contribution in [2.45, 2.75) is 71.0 Å². The monoisotopic (exact) mass is 608 g/mol. The SMILES string of the molecule is CC(C)(C)OC(=O)N1C(C)(C)OCC1(C)C(=O)NCC(=O)c1ccc(OCCOCCc2ccccc2)c(C(F)(F)F)c1. The fourth-order valence-electron chi connectivity index (χ4n) is 4.59. The average Bonchev–Trinajstić information content (AvgIpc) is 3.17. The van der Waals surface area contributed by atoms with Crippen molar-refractivity contribution < 1.29 is 46.5 Å². The molecule has 1 heterocycles. The standard InChI is InChI=1S/C31H39F3N2O7/c1-28(2,3)43-27(39)36-29(4,5)42-20-30(36,6)26(38)35-19-24(37)22-12-13-25(23(18-22)31(32,33)34)41-17-16-40-15-14-21-10-8-7-9-11-21/h7-13,18H,14-17,19-20H2,1-6H3,(H,35,38). The molecule has 1 aliphatic heterocycles. The maximum Gasteiger partial charge on any atom is 0.419 e. The Morgan fingerprint density at radius 1 is 0.977 bits per heavy atom. The minimum atomic E-state index is -4.79. The van der Waals surface area contributed by atoms with Crippen LogP contribution in [0.2, 0.25) is 0 Å². The third-order valence-corrected chi connectivity index (χ3v) is 6.68. The summed E-state index contributed by atoms with van der Waals surface area (Å²) in [6, 6.07) is 12.6. The molecule has 0 bridgehead atoms. The number of Topliss-reactive ketones (excluding diaryl/α,β-unsaturated/α-hetero) is 1. The van der Waals surface area contributed by atoms with Crippen molar-refractivity contribution >= 4 is 17.8 Å². The highest BCUT2D eigenvalue weighted by Gasteiger charge is 2.57. The molecule has 0 aromatic heterocycles. The van der Waals surface area contributed by atoms with Crippen LogP contribution < -0.4 is 10.1 Å². The zero-order valence-corrected chi connectivity index (χ0v) is 25.3. The van der Waals surface area contributed by atoms with Gasteiger partial charge in [-0.1, -0.05) is 30.3 Å². The number of rotatable bonds is 11. The number of alkyl halides is 3. The largest absolute Gasteiger partial charge is 0.491 e. The molecule has 0 saturated carbocycles. The van der Waals surface area contributed by atoms with Gasteiger partial charge in [-0.3, -0.25) is 14.5 Å². The number of hydrogen-bond acceptors (Lipinski definition) is 7. The number of nitrogens with zero attached hydrogens (tertiary/aromatic N) is 1. The van der Waals surface area contributed by atoms with E-state index in [0.717, 1.165) is 16.5 Å². The molecule has 2 amide bonds. The van der Waals surface area contributed by atoms with E-state index in [2.05, 4.69) is 5.32 Å². The number of carbonyl (C=O) groups is 3. The molecule has 1 aliphatic rings. The summed E-state index contributed by atoms with van der Waals surface area (Å²) < 4.78 is 63.4. The number of carbonyl (C=O) groups excluding carboxylic acids is 3. The van der Waals surface area contributed by atoms with Crippen LogP contribution in [0.25, 0.3) is 0 Å². The topological polar surface area (TPSA) is 103 Å². The number of halogens is 3. The summed E-state index contributed by atoms with van der Waals surface area (Å²) in [5.74, 6) is -1.92. The van der Waals surface area contributed by atoms with Crippen LogP contribution in [0.15, 0.2) is 48.5 Å². The molecule has 2 aromatic rings. The third-order valence-electron chi connectivity index (χ3n) is 6.68. The van der Waals surface area contributed by atoms with Gasteiger partial charge in [0.15, 0.2) is 5.78 Å². The molecular formula is C31H39F3N2O7. The lowest BCUT2D eigenvalue weighted by molar-refractivity contribution is -0.139.